The Labute approximate surface area is 95.8 Å². The molecule has 2 unspecified atom stereocenters. The molecule has 2 aliphatic rings. The zero-order chi connectivity index (χ0) is 10.8. The van der Waals surface area contributed by atoms with E-state index in [1.165, 1.54) is 5.56 Å². The van der Waals surface area contributed by atoms with Crippen LogP contribution in [0.5, 0.6) is 5.75 Å². The monoisotopic (exact) mass is 219 g/mol. The summed E-state index contributed by atoms with van der Waals surface area (Å²) in [6.45, 7) is 2.51. The molecule has 2 atom stereocenters. The van der Waals surface area contributed by atoms with Gasteiger partial charge >= 0.3 is 0 Å². The molecule has 1 fully saturated rings. The van der Waals surface area contributed by atoms with E-state index in [2.05, 4.69) is 17.4 Å². The van der Waals surface area contributed by atoms with E-state index in [0.717, 1.165) is 38.4 Å². The fourth-order valence-electron chi connectivity index (χ4n) is 2.43. The van der Waals surface area contributed by atoms with Crippen LogP contribution in [0, 0.1) is 0 Å². The summed E-state index contributed by atoms with van der Waals surface area (Å²) in [4.78, 5) is 0. The maximum atomic E-state index is 5.74. The molecule has 1 aromatic rings. The molecule has 0 aromatic heterocycles. The van der Waals surface area contributed by atoms with E-state index in [1.54, 1.807) is 0 Å². The second kappa shape index (κ2) is 4.44. The Hall–Kier alpha value is -1.06. The van der Waals surface area contributed by atoms with Gasteiger partial charge in [-0.3, -0.25) is 0 Å². The number of ether oxygens (including phenoxy) is 2. The molecule has 0 aliphatic carbocycles. The lowest BCUT2D eigenvalue weighted by Gasteiger charge is -2.28. The van der Waals surface area contributed by atoms with Crippen LogP contribution in [0.1, 0.15) is 12.0 Å². The third-order valence-electron chi connectivity index (χ3n) is 3.28. The van der Waals surface area contributed by atoms with Gasteiger partial charge in [-0.15, -0.1) is 0 Å². The SMILES string of the molecule is c1ccc2c(c1)CC(NC1CCOC1)CO2. The van der Waals surface area contributed by atoms with E-state index in [-0.39, 0.29) is 0 Å². The molecule has 0 saturated carbocycles. The lowest BCUT2D eigenvalue weighted by molar-refractivity contribution is 0.179. The fourth-order valence-corrected chi connectivity index (χ4v) is 2.43. The highest BCUT2D eigenvalue weighted by Gasteiger charge is 2.24. The number of para-hydroxylation sites is 1. The Balaban J connectivity index is 1.63. The minimum atomic E-state index is 0.432. The van der Waals surface area contributed by atoms with Gasteiger partial charge in [0.1, 0.15) is 12.4 Å². The van der Waals surface area contributed by atoms with E-state index in [0.29, 0.717) is 12.1 Å². The van der Waals surface area contributed by atoms with Crippen LogP contribution >= 0.6 is 0 Å². The molecule has 3 rings (SSSR count). The van der Waals surface area contributed by atoms with E-state index in [4.69, 9.17) is 9.47 Å². The van der Waals surface area contributed by atoms with E-state index in [1.807, 2.05) is 12.1 Å². The summed E-state index contributed by atoms with van der Waals surface area (Å²) < 4.78 is 11.1. The molecule has 3 heteroatoms. The van der Waals surface area contributed by atoms with Gasteiger partial charge in [-0.25, -0.2) is 0 Å². The first kappa shape index (κ1) is 10.1. The summed E-state index contributed by atoms with van der Waals surface area (Å²) in [5, 5.41) is 3.61. The second-order valence-electron chi connectivity index (χ2n) is 4.55. The Morgan fingerprint density at radius 2 is 2.06 bits per heavy atom. The average molecular weight is 219 g/mol. The van der Waals surface area contributed by atoms with Crippen molar-refractivity contribution in [1.29, 1.82) is 0 Å². The molecule has 0 radical (unpaired) electrons. The fraction of sp³-hybridized carbons (Fsp3) is 0.538. The van der Waals surface area contributed by atoms with Gasteiger partial charge in [-0.05, 0) is 24.5 Å². The number of nitrogens with one attached hydrogen (secondary N) is 1. The number of fused-ring (bicyclic) bond motifs is 1. The summed E-state index contributed by atoms with van der Waals surface area (Å²) in [6.07, 6.45) is 2.19. The van der Waals surface area contributed by atoms with Crippen molar-refractivity contribution in [3.05, 3.63) is 29.8 Å². The highest BCUT2D eigenvalue weighted by atomic mass is 16.5. The predicted octanol–water partition coefficient (Wildman–Crippen LogP) is 1.37. The van der Waals surface area contributed by atoms with E-state index in [9.17, 15) is 0 Å². The van der Waals surface area contributed by atoms with Crippen molar-refractivity contribution in [1.82, 2.24) is 5.32 Å². The summed E-state index contributed by atoms with van der Waals surface area (Å²) in [6, 6.07) is 9.24. The molecule has 0 spiro atoms. The van der Waals surface area contributed by atoms with Crippen LogP contribution in [-0.2, 0) is 11.2 Å². The second-order valence-corrected chi connectivity index (χ2v) is 4.55. The molecule has 1 aromatic carbocycles. The van der Waals surface area contributed by atoms with Crippen molar-refractivity contribution >= 4 is 0 Å². The van der Waals surface area contributed by atoms with Crippen molar-refractivity contribution in [3.8, 4) is 5.75 Å². The lowest BCUT2D eigenvalue weighted by Crippen LogP contribution is -2.45. The lowest BCUT2D eigenvalue weighted by atomic mass is 10.0. The van der Waals surface area contributed by atoms with Crippen molar-refractivity contribution in [3.63, 3.8) is 0 Å². The van der Waals surface area contributed by atoms with Crippen molar-refractivity contribution in [2.45, 2.75) is 24.9 Å². The van der Waals surface area contributed by atoms with Gasteiger partial charge in [-0.1, -0.05) is 18.2 Å². The van der Waals surface area contributed by atoms with Gasteiger partial charge in [0.05, 0.1) is 6.61 Å². The van der Waals surface area contributed by atoms with Gasteiger partial charge in [0, 0.05) is 18.7 Å². The molecule has 2 heterocycles. The van der Waals surface area contributed by atoms with Crippen LogP contribution in [0.2, 0.25) is 0 Å². The Morgan fingerprint density at radius 1 is 1.12 bits per heavy atom. The van der Waals surface area contributed by atoms with Crippen LogP contribution < -0.4 is 10.1 Å². The predicted molar refractivity (Wildman–Crippen MR) is 61.8 cm³/mol. The first-order valence-corrected chi connectivity index (χ1v) is 5.96. The minimum Gasteiger partial charge on any atom is -0.492 e. The maximum absolute atomic E-state index is 5.74. The standard InChI is InChI=1S/C13H17NO2/c1-2-4-13-10(3-1)7-12(9-16-13)14-11-5-6-15-8-11/h1-4,11-12,14H,5-9H2. The molecule has 86 valence electrons. The third kappa shape index (κ3) is 2.06. The molecule has 1 saturated heterocycles. The molecule has 0 bridgehead atoms. The molecular weight excluding hydrogens is 202 g/mol. The summed E-state index contributed by atoms with van der Waals surface area (Å²) in [5.41, 5.74) is 1.31. The zero-order valence-corrected chi connectivity index (χ0v) is 9.32. The topological polar surface area (TPSA) is 30.5 Å². The first-order valence-electron chi connectivity index (χ1n) is 5.96. The number of hydrogen-bond donors (Lipinski definition) is 1. The normalized spacial score (nSPS) is 28.5. The van der Waals surface area contributed by atoms with Gasteiger partial charge in [0.2, 0.25) is 0 Å². The third-order valence-corrected chi connectivity index (χ3v) is 3.28. The minimum absolute atomic E-state index is 0.432. The van der Waals surface area contributed by atoms with Crippen molar-refractivity contribution in [2.24, 2.45) is 0 Å². The average Bonchev–Trinajstić information content (AvgIpc) is 2.82. The molecule has 3 nitrogen and oxygen atoms in total. The van der Waals surface area contributed by atoms with Crippen LogP contribution in [0.4, 0.5) is 0 Å². The van der Waals surface area contributed by atoms with Crippen LogP contribution in [-0.4, -0.2) is 31.9 Å². The summed E-state index contributed by atoms with van der Waals surface area (Å²) in [5.74, 6) is 1.04. The smallest absolute Gasteiger partial charge is 0.122 e. The number of rotatable bonds is 2. The van der Waals surface area contributed by atoms with Gasteiger partial charge in [-0.2, -0.15) is 0 Å². The van der Waals surface area contributed by atoms with Crippen molar-refractivity contribution < 1.29 is 9.47 Å². The van der Waals surface area contributed by atoms with Crippen LogP contribution in [0.15, 0.2) is 24.3 Å². The van der Waals surface area contributed by atoms with E-state index >= 15 is 0 Å². The number of benzene rings is 1. The molecule has 0 amide bonds. The molecular formula is C13H17NO2. The van der Waals surface area contributed by atoms with Crippen LogP contribution in [0.25, 0.3) is 0 Å². The quantitative estimate of drug-likeness (QED) is 0.815. The van der Waals surface area contributed by atoms with Gasteiger partial charge in [0.15, 0.2) is 0 Å². The highest BCUT2D eigenvalue weighted by Crippen LogP contribution is 2.24. The Morgan fingerprint density at radius 3 is 2.94 bits per heavy atom. The number of hydrogen-bond acceptors (Lipinski definition) is 3. The van der Waals surface area contributed by atoms with Gasteiger partial charge in [0.25, 0.3) is 0 Å². The molecule has 16 heavy (non-hydrogen) atoms. The molecule has 1 N–H and O–H groups in total. The molecule has 2 aliphatic heterocycles. The first-order chi connectivity index (χ1) is 7.92. The summed E-state index contributed by atoms with van der Waals surface area (Å²) >= 11 is 0. The van der Waals surface area contributed by atoms with E-state index < -0.39 is 0 Å². The summed E-state index contributed by atoms with van der Waals surface area (Å²) in [7, 11) is 0. The highest BCUT2D eigenvalue weighted by molar-refractivity contribution is 5.35. The van der Waals surface area contributed by atoms with Crippen LogP contribution in [0.3, 0.4) is 0 Å². The maximum Gasteiger partial charge on any atom is 0.122 e. The zero-order valence-electron chi connectivity index (χ0n) is 9.32. The van der Waals surface area contributed by atoms with Crippen molar-refractivity contribution in [2.75, 3.05) is 19.8 Å². The van der Waals surface area contributed by atoms with Gasteiger partial charge < -0.3 is 14.8 Å². The Bertz CT molecular complexity index is 361. The largest absolute Gasteiger partial charge is 0.492 e. The Kier molecular flexibility index (Phi) is 2.80.